The van der Waals surface area contributed by atoms with Crippen LogP contribution < -0.4 is 0 Å². The highest BCUT2D eigenvalue weighted by molar-refractivity contribution is 5.89. The molecule has 7 bridgehead atoms. The number of nitrogens with zero attached hydrogens (tertiary/aromatic N) is 1. The molecule has 1 spiro atoms. The Morgan fingerprint density at radius 2 is 1.65 bits per heavy atom. The molecule has 1 heterocycles. The number of hydrogen-bond donors (Lipinski definition) is 4. The van der Waals surface area contributed by atoms with Crippen molar-refractivity contribution in [3.63, 3.8) is 0 Å². The summed E-state index contributed by atoms with van der Waals surface area (Å²) in [5.41, 5.74) is -5.17. The van der Waals surface area contributed by atoms with Crippen LogP contribution >= 0.6 is 0 Å². The van der Waals surface area contributed by atoms with Crippen molar-refractivity contribution in [1.82, 2.24) is 4.90 Å². The van der Waals surface area contributed by atoms with Crippen molar-refractivity contribution in [2.45, 2.75) is 99.3 Å². The summed E-state index contributed by atoms with van der Waals surface area (Å²) in [6.45, 7) is 3.20. The van der Waals surface area contributed by atoms with Crippen LogP contribution in [0, 0.1) is 34.5 Å². The number of carboxylic acids is 1. The molecule has 1 unspecified atom stereocenters. The number of ether oxygens (including phenoxy) is 6. The molecule has 7 rings (SSSR count). The number of rotatable bonds is 14. The van der Waals surface area contributed by atoms with Gasteiger partial charge >= 0.3 is 17.9 Å². The molecule has 0 aromatic heterocycles. The smallest absolute Gasteiger partial charge is 0.338 e. The van der Waals surface area contributed by atoms with Gasteiger partial charge in [0.05, 0.1) is 30.5 Å². The summed E-state index contributed by atoms with van der Waals surface area (Å²) in [7, 11) is 6.17. The van der Waals surface area contributed by atoms with Crippen molar-refractivity contribution in [1.29, 1.82) is 0 Å². The fourth-order valence-electron chi connectivity index (χ4n) is 12.9. The third kappa shape index (κ3) is 4.81. The number of aliphatic hydroxyl groups excluding tert-OH is 2. The van der Waals surface area contributed by atoms with Crippen LogP contribution in [0.3, 0.4) is 0 Å². The summed E-state index contributed by atoms with van der Waals surface area (Å²) in [6.07, 6.45) is -5.81. The Labute approximate surface area is 303 Å². The van der Waals surface area contributed by atoms with Crippen LogP contribution in [0.4, 0.5) is 0 Å². The Kier molecular flexibility index (Phi) is 9.81. The lowest BCUT2D eigenvalue weighted by molar-refractivity contribution is -0.323. The van der Waals surface area contributed by atoms with Gasteiger partial charge in [-0.2, -0.15) is 0 Å². The number of unbranched alkanes of at least 4 members (excludes halogenated alkanes) is 1. The average Bonchev–Trinajstić information content (AvgIpc) is 3.50. The number of carbonyl (C=O) groups is 3. The number of likely N-dealkylation sites (tertiary alicyclic amines) is 1. The van der Waals surface area contributed by atoms with E-state index in [1.54, 1.807) is 51.7 Å². The normalized spacial score (nSPS) is 45.4. The standard InChI is InChI=1S/C38H53NO13/c1-6-39-18-35(19-47-2)22(40)16-23(48-3)37-21-17-36(46)32(51-34(45)20-12-8-7-9-13-20)26(21)38(31(44)33(36)50-5,27(30(37)39)28(49-4)29(35)37)52-25(43)15-11-10-14-24(41)42/h7-9,12-13,21-23,26-33,40,44,46H,6,10-11,14-19H2,1-5H3,(H,41,42)/t21-,22-,23+,26-,27+,28+,29-,30?,31+,32-,33+,35+,36-,37+,38-/m1/s1. The van der Waals surface area contributed by atoms with Gasteiger partial charge in [0.25, 0.3) is 0 Å². The molecule has 1 aromatic carbocycles. The molecule has 14 nitrogen and oxygen atoms in total. The molecule has 15 atom stereocenters. The number of fused-ring (bicyclic) bond motifs is 2. The number of methoxy groups -OCH3 is 4. The first-order chi connectivity index (χ1) is 24.9. The molecule has 14 heteroatoms. The fourth-order valence-corrected chi connectivity index (χ4v) is 12.9. The summed E-state index contributed by atoms with van der Waals surface area (Å²) in [5.74, 6) is -5.05. The van der Waals surface area contributed by atoms with Crippen LogP contribution in [0.2, 0.25) is 0 Å². The van der Waals surface area contributed by atoms with Crippen LogP contribution in [0.1, 0.15) is 55.8 Å². The Morgan fingerprint density at radius 1 is 0.942 bits per heavy atom. The Hall–Kier alpha value is -2.69. The lowest BCUT2D eigenvalue weighted by atomic mass is 9.42. The largest absolute Gasteiger partial charge is 0.481 e. The predicted octanol–water partition coefficient (Wildman–Crippen LogP) is 1.27. The van der Waals surface area contributed by atoms with Crippen LogP contribution in [0.5, 0.6) is 0 Å². The molecule has 4 N–H and O–H groups in total. The van der Waals surface area contributed by atoms with Crippen molar-refractivity contribution in [2.75, 3.05) is 48.1 Å². The molecule has 6 aliphatic rings. The van der Waals surface area contributed by atoms with Crippen LogP contribution in [0.15, 0.2) is 30.3 Å². The highest BCUT2D eigenvalue weighted by Crippen LogP contribution is 2.80. The molecule has 5 aliphatic carbocycles. The van der Waals surface area contributed by atoms with Gasteiger partial charge in [0.2, 0.25) is 0 Å². The summed E-state index contributed by atoms with van der Waals surface area (Å²) in [5, 5.41) is 47.0. The Bertz CT molecular complexity index is 1530. The number of aliphatic hydroxyl groups is 3. The van der Waals surface area contributed by atoms with Gasteiger partial charge < -0.3 is 48.8 Å². The van der Waals surface area contributed by atoms with E-state index in [2.05, 4.69) is 4.90 Å². The van der Waals surface area contributed by atoms with Crippen molar-refractivity contribution in [3.05, 3.63) is 35.9 Å². The third-order valence-corrected chi connectivity index (χ3v) is 14.2. The molecule has 1 saturated heterocycles. The first-order valence-electron chi connectivity index (χ1n) is 18.5. The van der Waals surface area contributed by atoms with E-state index in [-0.39, 0.29) is 50.7 Å². The number of hydrogen-bond acceptors (Lipinski definition) is 13. The summed E-state index contributed by atoms with van der Waals surface area (Å²) in [6, 6.07) is 8.00. The summed E-state index contributed by atoms with van der Waals surface area (Å²) >= 11 is 0. The van der Waals surface area contributed by atoms with Gasteiger partial charge in [0, 0.05) is 88.9 Å². The van der Waals surface area contributed by atoms with Crippen LogP contribution in [0.25, 0.3) is 0 Å². The first-order valence-corrected chi connectivity index (χ1v) is 18.5. The molecule has 52 heavy (non-hydrogen) atoms. The number of carbonyl (C=O) groups excluding carboxylic acids is 2. The van der Waals surface area contributed by atoms with Crippen LogP contribution in [-0.4, -0.2) is 145 Å². The second-order valence-electron chi connectivity index (χ2n) is 15.9. The average molecular weight is 732 g/mol. The van der Waals surface area contributed by atoms with E-state index in [0.29, 0.717) is 13.1 Å². The quantitative estimate of drug-likeness (QED) is 0.158. The fraction of sp³-hybridized carbons (Fsp3) is 0.763. The summed E-state index contributed by atoms with van der Waals surface area (Å²) in [4.78, 5) is 41.6. The van der Waals surface area contributed by atoms with E-state index in [1.807, 2.05) is 6.92 Å². The summed E-state index contributed by atoms with van der Waals surface area (Å²) < 4.78 is 37.9. The van der Waals surface area contributed by atoms with Gasteiger partial charge in [-0.05, 0) is 43.9 Å². The van der Waals surface area contributed by atoms with Crippen molar-refractivity contribution in [3.8, 4) is 0 Å². The predicted molar refractivity (Wildman–Crippen MR) is 181 cm³/mol. The number of benzene rings is 1. The lowest BCUT2D eigenvalue weighted by Crippen LogP contribution is -2.81. The molecule has 0 radical (unpaired) electrons. The van der Waals surface area contributed by atoms with Crippen molar-refractivity contribution >= 4 is 17.9 Å². The number of piperidine rings is 1. The van der Waals surface area contributed by atoms with E-state index in [1.165, 1.54) is 7.11 Å². The first kappa shape index (κ1) is 37.6. The highest BCUT2D eigenvalue weighted by atomic mass is 16.6. The monoisotopic (exact) mass is 731 g/mol. The maximum atomic E-state index is 14.1. The third-order valence-electron chi connectivity index (χ3n) is 14.2. The molecule has 288 valence electrons. The SMILES string of the molecule is CCN1C[C@]2(COC)[C@H](O)C[C@H](OC)[C@]34C1[C@H]([C@H](OC)[C@H]23)[C@]1(OC(=O)CCCCC(=O)O)[C@H]2[C@@H](OC(=O)c3ccccc3)[C@](O)(C[C@H]24)[C@@H](OC)[C@@H]1O. The van der Waals surface area contributed by atoms with Crippen molar-refractivity contribution < 1.29 is 63.2 Å². The molecular weight excluding hydrogens is 678 g/mol. The molecule has 6 fully saturated rings. The van der Waals surface area contributed by atoms with Gasteiger partial charge in [0.15, 0.2) is 5.60 Å². The number of aliphatic carboxylic acids is 1. The van der Waals surface area contributed by atoms with E-state index in [4.69, 9.17) is 28.4 Å². The van der Waals surface area contributed by atoms with E-state index in [9.17, 15) is 34.8 Å². The molecular formula is C38H53NO13. The van der Waals surface area contributed by atoms with Gasteiger partial charge in [-0.15, -0.1) is 0 Å². The molecule has 1 aliphatic heterocycles. The minimum Gasteiger partial charge on any atom is -0.481 e. The minimum absolute atomic E-state index is 0.0185. The maximum Gasteiger partial charge on any atom is 0.338 e. The van der Waals surface area contributed by atoms with Gasteiger partial charge in [0.1, 0.15) is 23.9 Å². The topological polar surface area (TPSA) is 191 Å². The second-order valence-corrected chi connectivity index (χ2v) is 15.9. The van der Waals surface area contributed by atoms with E-state index >= 15 is 0 Å². The molecule has 1 aromatic rings. The molecule has 0 amide bonds. The Morgan fingerprint density at radius 3 is 2.27 bits per heavy atom. The number of esters is 2. The highest BCUT2D eigenvalue weighted by Gasteiger charge is 2.92. The molecule has 5 saturated carbocycles. The number of carboxylic acid groups (broad SMARTS) is 1. The van der Waals surface area contributed by atoms with Crippen molar-refractivity contribution in [2.24, 2.45) is 34.5 Å². The lowest BCUT2D eigenvalue weighted by Gasteiger charge is -2.70. The van der Waals surface area contributed by atoms with Gasteiger partial charge in [-0.3, -0.25) is 14.5 Å². The zero-order valence-electron chi connectivity index (χ0n) is 30.5. The van der Waals surface area contributed by atoms with E-state index in [0.717, 1.165) is 0 Å². The maximum absolute atomic E-state index is 14.1. The minimum atomic E-state index is -1.91. The second kappa shape index (κ2) is 13.6. The van der Waals surface area contributed by atoms with Gasteiger partial charge in [-0.25, -0.2) is 4.79 Å². The Balaban J connectivity index is 1.47. The zero-order valence-corrected chi connectivity index (χ0v) is 30.5. The zero-order chi connectivity index (χ0) is 37.4. The van der Waals surface area contributed by atoms with Gasteiger partial charge in [-0.1, -0.05) is 25.1 Å². The van der Waals surface area contributed by atoms with Crippen LogP contribution in [-0.2, 0) is 38.0 Å². The van der Waals surface area contributed by atoms with E-state index < -0.39 is 106 Å².